The van der Waals surface area contributed by atoms with E-state index in [0.29, 0.717) is 11.0 Å². The summed E-state index contributed by atoms with van der Waals surface area (Å²) >= 11 is 0. The Bertz CT molecular complexity index is 2020. The number of fused-ring (bicyclic) bond motifs is 2. The summed E-state index contributed by atoms with van der Waals surface area (Å²) in [4.78, 5) is 76.5. The van der Waals surface area contributed by atoms with Crippen molar-refractivity contribution in [3.05, 3.63) is 143 Å². The van der Waals surface area contributed by atoms with E-state index < -0.39 is 58.3 Å². The van der Waals surface area contributed by atoms with E-state index in [0.717, 1.165) is 35.3 Å². The maximum absolute atomic E-state index is 10.5. The van der Waals surface area contributed by atoms with Gasteiger partial charge in [0.05, 0.1) is 69.6 Å². The smallest absolute Gasteiger partial charge is 0.545 e. The molecular formula is C34H18Cu3N4O12. The Morgan fingerprint density at radius 1 is 0.377 bits per heavy atom. The molecule has 0 spiro atoms. The monoisotopic (exact) mass is 863 g/mol. The number of nitrogens with zero attached hydrogens (tertiary/aromatic N) is 4. The summed E-state index contributed by atoms with van der Waals surface area (Å²) in [6.07, 6.45) is 2.33. The number of benzene rings is 2. The predicted molar refractivity (Wildman–Crippen MR) is 158 cm³/mol. The first-order valence-corrected chi connectivity index (χ1v) is 13.7. The van der Waals surface area contributed by atoms with Gasteiger partial charge in [-0.25, -0.2) is 9.97 Å². The number of carboxylic acid groups (broad SMARTS) is 6. The van der Waals surface area contributed by atoms with Crippen molar-refractivity contribution in [1.29, 1.82) is 0 Å². The summed E-state index contributed by atoms with van der Waals surface area (Å²) in [5.41, 5.74) is -0.893. The van der Waals surface area contributed by atoms with E-state index in [4.69, 9.17) is 0 Å². The molecule has 0 N–H and O–H groups in total. The molecule has 2 aromatic carbocycles. The Balaban J connectivity index is 0.000000668. The molecule has 6 aromatic rings. The van der Waals surface area contributed by atoms with E-state index in [1.807, 2.05) is 36.4 Å². The van der Waals surface area contributed by atoms with Gasteiger partial charge in [0.1, 0.15) is 0 Å². The number of carboxylic acids is 6. The minimum Gasteiger partial charge on any atom is -0.545 e. The standard InChI is InChI=1S/2C10H7NO2.2C7H5NO4.3Cu/c2*12-10(13)9-6-5-7-3-1-2-4-8(7)11-9;2*9-6(10)4-2-1-3-8-5(4)7(11)12;;;/h2*1-6H,(H,12,13);2*1-3H,(H,9,10)(H,11,12);;;/q;;;;3*+2/p-6. The van der Waals surface area contributed by atoms with Crippen LogP contribution in [0.2, 0.25) is 0 Å². The van der Waals surface area contributed by atoms with Crippen LogP contribution in [-0.4, -0.2) is 55.8 Å². The molecule has 19 heteroatoms. The van der Waals surface area contributed by atoms with Crippen LogP contribution in [0.15, 0.2) is 109 Å². The predicted octanol–water partition coefficient (Wildman–Crippen LogP) is -3.19. The minimum absolute atomic E-state index is 0. The van der Waals surface area contributed by atoms with Crippen molar-refractivity contribution in [3.63, 3.8) is 0 Å². The summed E-state index contributed by atoms with van der Waals surface area (Å²) in [6, 6.07) is 25.8. The van der Waals surface area contributed by atoms with Crippen LogP contribution < -0.4 is 30.6 Å². The third kappa shape index (κ3) is 13.9. The number of rotatable bonds is 6. The molecular weight excluding hydrogens is 847 g/mol. The van der Waals surface area contributed by atoms with Crippen LogP contribution in [0, 0.1) is 0 Å². The van der Waals surface area contributed by atoms with Crippen molar-refractivity contribution in [2.75, 3.05) is 0 Å². The van der Waals surface area contributed by atoms with Gasteiger partial charge in [-0.05, 0) is 48.5 Å². The average Bonchev–Trinajstić information content (AvgIpc) is 3.11. The minimum atomic E-state index is -1.63. The Morgan fingerprint density at radius 3 is 1.00 bits per heavy atom. The van der Waals surface area contributed by atoms with Crippen LogP contribution in [0.3, 0.4) is 0 Å². The zero-order valence-electron chi connectivity index (χ0n) is 26.0. The van der Waals surface area contributed by atoms with Gasteiger partial charge in [-0.3, -0.25) is 9.97 Å². The number of hydrogen-bond donors (Lipinski definition) is 0. The number of aromatic carboxylic acids is 6. The number of para-hydroxylation sites is 2. The second kappa shape index (κ2) is 22.7. The van der Waals surface area contributed by atoms with Gasteiger partial charge in [-0.15, -0.1) is 0 Å². The van der Waals surface area contributed by atoms with Gasteiger partial charge in [0, 0.05) is 34.3 Å². The molecule has 53 heavy (non-hydrogen) atoms. The number of hydrogen-bond acceptors (Lipinski definition) is 16. The zero-order chi connectivity index (χ0) is 36.8. The largest absolute Gasteiger partial charge is 2.00 e. The quantitative estimate of drug-likeness (QED) is 0.149. The van der Waals surface area contributed by atoms with Crippen LogP contribution in [0.25, 0.3) is 21.8 Å². The number of pyridine rings is 4. The van der Waals surface area contributed by atoms with Gasteiger partial charge in [0.15, 0.2) is 0 Å². The second-order valence-corrected chi connectivity index (χ2v) is 9.30. The summed E-state index contributed by atoms with van der Waals surface area (Å²) < 4.78 is 0. The number of carbonyl (C=O) groups excluding carboxylic acids is 6. The summed E-state index contributed by atoms with van der Waals surface area (Å²) in [7, 11) is 0. The second-order valence-electron chi connectivity index (χ2n) is 9.30. The third-order valence-electron chi connectivity index (χ3n) is 6.06. The normalized spacial score (nSPS) is 9.21. The molecule has 0 fully saturated rings. The van der Waals surface area contributed by atoms with Crippen molar-refractivity contribution in [2.24, 2.45) is 0 Å². The Hall–Kier alpha value is -6.06. The first-order chi connectivity index (χ1) is 23.8. The maximum Gasteiger partial charge on any atom is 2.00 e. The molecule has 279 valence electrons. The first kappa shape index (κ1) is 46.9. The topological polar surface area (TPSA) is 292 Å². The third-order valence-corrected chi connectivity index (χ3v) is 6.06. The van der Waals surface area contributed by atoms with Crippen molar-refractivity contribution >= 4 is 57.6 Å². The van der Waals surface area contributed by atoms with E-state index in [1.165, 1.54) is 24.3 Å². The molecule has 0 aliphatic carbocycles. The van der Waals surface area contributed by atoms with Gasteiger partial charge in [-0.1, -0.05) is 48.5 Å². The van der Waals surface area contributed by atoms with E-state index >= 15 is 0 Å². The van der Waals surface area contributed by atoms with Crippen molar-refractivity contribution in [2.45, 2.75) is 0 Å². The van der Waals surface area contributed by atoms with E-state index in [9.17, 15) is 59.4 Å². The summed E-state index contributed by atoms with van der Waals surface area (Å²) in [6.45, 7) is 0. The van der Waals surface area contributed by atoms with Crippen LogP contribution in [0.5, 0.6) is 0 Å². The molecule has 0 aliphatic heterocycles. The molecule has 0 saturated carbocycles. The van der Waals surface area contributed by atoms with Crippen LogP contribution in [-0.2, 0) is 51.2 Å². The molecule has 0 saturated heterocycles. The average molecular weight is 865 g/mol. The first-order valence-electron chi connectivity index (χ1n) is 13.7. The van der Waals surface area contributed by atoms with Gasteiger partial charge in [0.2, 0.25) is 0 Å². The summed E-state index contributed by atoms with van der Waals surface area (Å²) in [5.74, 6) is -8.91. The Labute approximate surface area is 330 Å². The number of carbonyl (C=O) groups is 6. The molecule has 3 radical (unpaired) electrons. The van der Waals surface area contributed by atoms with Gasteiger partial charge >= 0.3 is 51.2 Å². The Kier molecular flexibility index (Phi) is 20.1. The molecule has 0 amide bonds. The molecule has 0 atom stereocenters. The fraction of sp³-hybridized carbons (Fsp3) is 0. The van der Waals surface area contributed by atoms with Crippen molar-refractivity contribution in [3.8, 4) is 0 Å². The SMILES string of the molecule is O=C([O-])c1ccc2ccccc2n1.O=C([O-])c1ccc2ccccc2n1.O=C([O-])c1cccnc1C(=O)[O-].O=C([O-])c1cccnc1C(=O)[O-].[Cu+2].[Cu+2].[Cu+2]. The zero-order valence-corrected chi connectivity index (χ0v) is 28.8. The van der Waals surface area contributed by atoms with Gasteiger partial charge < -0.3 is 59.4 Å². The van der Waals surface area contributed by atoms with Crippen LogP contribution in [0.4, 0.5) is 0 Å². The van der Waals surface area contributed by atoms with Crippen LogP contribution >= 0.6 is 0 Å². The fourth-order valence-electron chi connectivity index (χ4n) is 3.82. The molecule has 0 bridgehead atoms. The molecule has 0 unspecified atom stereocenters. The molecule has 4 aromatic heterocycles. The maximum atomic E-state index is 10.5. The molecule has 4 heterocycles. The van der Waals surface area contributed by atoms with Gasteiger partial charge in [0.25, 0.3) is 0 Å². The van der Waals surface area contributed by atoms with E-state index in [-0.39, 0.29) is 62.6 Å². The molecule has 16 nitrogen and oxygen atoms in total. The summed E-state index contributed by atoms with van der Waals surface area (Å²) in [5, 5.41) is 63.9. The van der Waals surface area contributed by atoms with Gasteiger partial charge in [-0.2, -0.15) is 0 Å². The van der Waals surface area contributed by atoms with Crippen molar-refractivity contribution in [1.82, 2.24) is 19.9 Å². The van der Waals surface area contributed by atoms with E-state index in [2.05, 4.69) is 19.9 Å². The molecule has 0 aliphatic rings. The van der Waals surface area contributed by atoms with Crippen molar-refractivity contribution < 1.29 is 111 Å². The van der Waals surface area contributed by atoms with E-state index in [1.54, 1.807) is 24.3 Å². The number of aromatic nitrogens is 4. The Morgan fingerprint density at radius 2 is 0.717 bits per heavy atom. The molecule has 6 rings (SSSR count). The fourth-order valence-corrected chi connectivity index (χ4v) is 3.82. The van der Waals surface area contributed by atoms with Crippen LogP contribution in [0.1, 0.15) is 62.7 Å².